The van der Waals surface area contributed by atoms with Gasteiger partial charge in [0.25, 0.3) is 5.91 Å². The number of nitrogens with zero attached hydrogens (tertiary/aromatic N) is 3. The molecule has 8 heteroatoms. The lowest BCUT2D eigenvalue weighted by Crippen LogP contribution is -2.58. The number of aryl methyl sites for hydroxylation is 2. The summed E-state index contributed by atoms with van der Waals surface area (Å²) in [4.78, 5) is 29.1. The fourth-order valence-corrected chi connectivity index (χ4v) is 3.48. The fourth-order valence-electron chi connectivity index (χ4n) is 3.35. The average Bonchev–Trinajstić information content (AvgIpc) is 3.12. The second kappa shape index (κ2) is 9.21. The van der Waals surface area contributed by atoms with Crippen LogP contribution in [0.5, 0.6) is 0 Å². The first-order valence-electron chi connectivity index (χ1n) is 9.47. The summed E-state index contributed by atoms with van der Waals surface area (Å²) in [7, 11) is 1.92. The Bertz CT molecular complexity index is 820. The monoisotopic (exact) mass is 403 g/mol. The van der Waals surface area contributed by atoms with E-state index in [-0.39, 0.29) is 17.9 Å². The van der Waals surface area contributed by atoms with Crippen LogP contribution in [0.25, 0.3) is 0 Å². The van der Waals surface area contributed by atoms with Crippen LogP contribution in [0.3, 0.4) is 0 Å². The second-order valence-corrected chi connectivity index (χ2v) is 7.61. The number of rotatable bonds is 6. The molecule has 2 heterocycles. The molecule has 1 aromatic heterocycles. The van der Waals surface area contributed by atoms with Gasteiger partial charge in [-0.25, -0.2) is 0 Å². The largest absolute Gasteiger partial charge is 0.355 e. The van der Waals surface area contributed by atoms with Gasteiger partial charge in [0, 0.05) is 36.9 Å². The van der Waals surface area contributed by atoms with E-state index in [0.717, 1.165) is 23.6 Å². The van der Waals surface area contributed by atoms with Gasteiger partial charge in [-0.15, -0.1) is 0 Å². The first kappa shape index (κ1) is 20.4. The van der Waals surface area contributed by atoms with Gasteiger partial charge in [-0.1, -0.05) is 23.7 Å². The predicted octanol–water partition coefficient (Wildman–Crippen LogP) is 1.88. The van der Waals surface area contributed by atoms with Crippen molar-refractivity contribution in [2.45, 2.75) is 25.8 Å². The number of benzene rings is 1. The lowest BCUT2D eigenvalue weighted by atomic mass is 10.1. The maximum atomic E-state index is 12.7. The van der Waals surface area contributed by atoms with E-state index < -0.39 is 0 Å². The number of likely N-dealkylation sites (N-methyl/N-ethyl adjacent to an activating group) is 1. The summed E-state index contributed by atoms with van der Waals surface area (Å²) in [6, 6.07) is 7.40. The number of halogens is 1. The molecule has 2 aromatic rings. The maximum Gasteiger partial charge on any atom is 0.257 e. The standard InChI is InChI=1S/C20H26ClN5O2/c1-14-17(12-23-24-14)20(28)26-11-10-25(2)18(13-26)19(27)22-9-3-4-15-5-7-16(21)8-6-15/h5-8,12,18H,3-4,9-11,13H2,1-2H3,(H,22,27)(H,23,24). The number of amides is 2. The third kappa shape index (κ3) is 4.91. The van der Waals surface area contributed by atoms with E-state index in [4.69, 9.17) is 11.6 Å². The zero-order chi connectivity index (χ0) is 20.1. The number of piperazine rings is 1. The zero-order valence-corrected chi connectivity index (χ0v) is 17.0. The van der Waals surface area contributed by atoms with Gasteiger partial charge in [0.15, 0.2) is 0 Å². The van der Waals surface area contributed by atoms with Crippen molar-refractivity contribution in [1.82, 2.24) is 25.3 Å². The molecule has 1 aromatic carbocycles. The third-order valence-corrected chi connectivity index (χ3v) is 5.40. The minimum Gasteiger partial charge on any atom is -0.355 e. The summed E-state index contributed by atoms with van der Waals surface area (Å²) in [5.41, 5.74) is 2.50. The van der Waals surface area contributed by atoms with Crippen LogP contribution >= 0.6 is 11.6 Å². The lowest BCUT2D eigenvalue weighted by Gasteiger charge is -2.38. The Morgan fingerprint density at radius 2 is 2.04 bits per heavy atom. The lowest BCUT2D eigenvalue weighted by molar-refractivity contribution is -0.127. The van der Waals surface area contributed by atoms with Crippen LogP contribution in [0, 0.1) is 6.92 Å². The molecule has 1 aliphatic heterocycles. The van der Waals surface area contributed by atoms with E-state index in [0.29, 0.717) is 31.7 Å². The molecule has 1 atom stereocenters. The van der Waals surface area contributed by atoms with Crippen LogP contribution in [-0.4, -0.2) is 71.1 Å². The first-order valence-corrected chi connectivity index (χ1v) is 9.85. The highest BCUT2D eigenvalue weighted by molar-refractivity contribution is 6.30. The molecule has 0 saturated carbocycles. The molecule has 1 aliphatic rings. The van der Waals surface area contributed by atoms with E-state index in [1.54, 1.807) is 11.1 Å². The van der Waals surface area contributed by atoms with Gasteiger partial charge in [-0.3, -0.25) is 19.6 Å². The van der Waals surface area contributed by atoms with E-state index >= 15 is 0 Å². The summed E-state index contributed by atoms with van der Waals surface area (Å²) in [6.45, 7) is 4.05. The SMILES string of the molecule is Cc1[nH]ncc1C(=O)N1CCN(C)C(C(=O)NCCCc2ccc(Cl)cc2)C1. The zero-order valence-electron chi connectivity index (χ0n) is 16.2. The van der Waals surface area contributed by atoms with Crippen molar-refractivity contribution in [2.75, 3.05) is 33.2 Å². The van der Waals surface area contributed by atoms with Crippen molar-refractivity contribution in [1.29, 1.82) is 0 Å². The average molecular weight is 404 g/mol. The van der Waals surface area contributed by atoms with Crippen molar-refractivity contribution >= 4 is 23.4 Å². The minimum atomic E-state index is -0.347. The molecule has 0 spiro atoms. The number of hydrogen-bond acceptors (Lipinski definition) is 4. The van der Waals surface area contributed by atoms with Crippen molar-refractivity contribution in [3.05, 3.63) is 52.3 Å². The molecule has 0 radical (unpaired) electrons. The van der Waals surface area contributed by atoms with Gasteiger partial charge in [0.1, 0.15) is 6.04 Å². The van der Waals surface area contributed by atoms with Gasteiger partial charge in [-0.05, 0) is 44.5 Å². The Labute approximate surface area is 170 Å². The van der Waals surface area contributed by atoms with Crippen molar-refractivity contribution in [3.63, 3.8) is 0 Å². The minimum absolute atomic E-state index is 0.0416. The molecule has 0 aliphatic carbocycles. The van der Waals surface area contributed by atoms with Gasteiger partial charge >= 0.3 is 0 Å². The highest BCUT2D eigenvalue weighted by atomic mass is 35.5. The molecule has 150 valence electrons. The molecule has 0 bridgehead atoms. The normalized spacial score (nSPS) is 17.5. The number of carbonyl (C=O) groups excluding carboxylic acids is 2. The summed E-state index contributed by atoms with van der Waals surface area (Å²) in [6.07, 6.45) is 3.27. The summed E-state index contributed by atoms with van der Waals surface area (Å²) >= 11 is 5.89. The summed E-state index contributed by atoms with van der Waals surface area (Å²) in [5, 5.41) is 10.4. The number of aromatic amines is 1. The van der Waals surface area contributed by atoms with Crippen LogP contribution in [0.15, 0.2) is 30.5 Å². The smallest absolute Gasteiger partial charge is 0.257 e. The number of aromatic nitrogens is 2. The molecular weight excluding hydrogens is 378 g/mol. The highest BCUT2D eigenvalue weighted by Gasteiger charge is 2.33. The molecule has 1 saturated heterocycles. The topological polar surface area (TPSA) is 81.3 Å². The van der Waals surface area contributed by atoms with Crippen LogP contribution in [0.1, 0.15) is 28.0 Å². The molecule has 28 heavy (non-hydrogen) atoms. The summed E-state index contributed by atoms with van der Waals surface area (Å²) in [5.74, 6) is -0.125. The van der Waals surface area contributed by atoms with E-state index in [1.807, 2.05) is 43.1 Å². The Balaban J connectivity index is 1.49. The Morgan fingerprint density at radius 1 is 1.29 bits per heavy atom. The Kier molecular flexibility index (Phi) is 6.70. The highest BCUT2D eigenvalue weighted by Crippen LogP contribution is 2.14. The number of nitrogens with one attached hydrogen (secondary N) is 2. The Hall–Kier alpha value is -2.38. The second-order valence-electron chi connectivity index (χ2n) is 7.18. The molecule has 1 unspecified atom stereocenters. The molecule has 7 nitrogen and oxygen atoms in total. The van der Waals surface area contributed by atoms with Crippen LogP contribution < -0.4 is 5.32 Å². The van der Waals surface area contributed by atoms with Gasteiger partial charge in [-0.2, -0.15) is 5.10 Å². The van der Waals surface area contributed by atoms with Crippen LogP contribution in [-0.2, 0) is 11.2 Å². The molecule has 2 N–H and O–H groups in total. The molecule has 2 amide bonds. The third-order valence-electron chi connectivity index (χ3n) is 5.15. The molecule has 3 rings (SSSR count). The van der Waals surface area contributed by atoms with E-state index in [1.165, 1.54) is 5.56 Å². The van der Waals surface area contributed by atoms with Crippen molar-refractivity contribution in [2.24, 2.45) is 0 Å². The number of hydrogen-bond donors (Lipinski definition) is 2. The van der Waals surface area contributed by atoms with Gasteiger partial charge < -0.3 is 10.2 Å². The molecule has 1 fully saturated rings. The van der Waals surface area contributed by atoms with Crippen LogP contribution in [0.2, 0.25) is 5.02 Å². The van der Waals surface area contributed by atoms with Crippen molar-refractivity contribution < 1.29 is 9.59 Å². The van der Waals surface area contributed by atoms with Gasteiger partial charge in [0.05, 0.1) is 11.8 Å². The molecular formula is C20H26ClN5O2. The summed E-state index contributed by atoms with van der Waals surface area (Å²) < 4.78 is 0. The number of H-pyrrole nitrogens is 1. The van der Waals surface area contributed by atoms with E-state index in [9.17, 15) is 9.59 Å². The van der Waals surface area contributed by atoms with E-state index in [2.05, 4.69) is 15.5 Å². The predicted molar refractivity (Wildman–Crippen MR) is 108 cm³/mol. The number of carbonyl (C=O) groups is 2. The van der Waals surface area contributed by atoms with Crippen molar-refractivity contribution in [3.8, 4) is 0 Å². The fraction of sp³-hybridized carbons (Fsp3) is 0.450. The maximum absolute atomic E-state index is 12.7. The first-order chi connectivity index (χ1) is 13.5. The van der Waals surface area contributed by atoms with Crippen LogP contribution in [0.4, 0.5) is 0 Å². The quantitative estimate of drug-likeness (QED) is 0.721. The Morgan fingerprint density at radius 3 is 2.71 bits per heavy atom. The van der Waals surface area contributed by atoms with Gasteiger partial charge in [0.2, 0.25) is 5.91 Å².